The molecule has 4 N–H and O–H groups in total. The normalized spacial score (nSPS) is 40.0. The predicted molar refractivity (Wildman–Crippen MR) is 179 cm³/mol. The predicted octanol–water partition coefficient (Wildman–Crippen LogP) is 5.13. The molecule has 0 bridgehead atoms. The van der Waals surface area contributed by atoms with Gasteiger partial charge in [0, 0.05) is 11.5 Å². The number of furan rings is 1. The largest absolute Gasteiger partial charge is 0.458 e. The summed E-state index contributed by atoms with van der Waals surface area (Å²) in [6.07, 6.45) is 0.464. The standard InChI is InChI=1S/C30H45IO14S3/c1-16(18-10-13-42-27(18)31)6-7-17(2)19-8-11-30(5)21-14-22(43-46(33,34)35)24-25(32)26(45-48(39,40)41)23(44-47(36,37)38)15-28(24,3)20(21)9-12-29(19,30)4/h9-10,13,16-17,19,21-26,32H,6-8,11-12,14-15H2,1-5H3,(H,33,34,35)(H,36,37,38)(H,39,40,41)/t16-,17+,19+,21+,22-,23-,24-,25+,26+,28+,29+,30-/m0/s1. The van der Waals surface area contributed by atoms with Crippen LogP contribution in [0.2, 0.25) is 0 Å². The molecule has 0 saturated heterocycles. The number of hydrogen-bond donors (Lipinski definition) is 4. The minimum absolute atomic E-state index is 0.0362. The van der Waals surface area contributed by atoms with Crippen LogP contribution in [0, 0.1) is 43.7 Å². The highest BCUT2D eigenvalue weighted by Crippen LogP contribution is 2.72. The maximum Gasteiger partial charge on any atom is 0.397 e. The van der Waals surface area contributed by atoms with Gasteiger partial charge < -0.3 is 9.52 Å². The maximum absolute atomic E-state index is 12.2. The van der Waals surface area contributed by atoms with E-state index in [0.717, 1.165) is 35.0 Å². The van der Waals surface area contributed by atoms with E-state index in [1.807, 2.05) is 6.07 Å². The van der Waals surface area contributed by atoms with Crippen molar-refractivity contribution in [3.63, 3.8) is 0 Å². The van der Waals surface area contributed by atoms with E-state index in [4.69, 9.17) is 12.8 Å². The van der Waals surface area contributed by atoms with E-state index in [0.29, 0.717) is 24.2 Å². The van der Waals surface area contributed by atoms with Gasteiger partial charge in [-0.15, -0.1) is 0 Å². The topological polar surface area (TPSA) is 224 Å². The first-order chi connectivity index (χ1) is 21.9. The van der Waals surface area contributed by atoms with E-state index >= 15 is 0 Å². The third-order valence-electron chi connectivity index (χ3n) is 12.6. The zero-order chi connectivity index (χ0) is 35.8. The molecule has 274 valence electrons. The van der Waals surface area contributed by atoms with E-state index in [2.05, 4.69) is 60.5 Å². The Hall–Kier alpha value is -0.680. The molecule has 12 atom stereocenters. The van der Waals surface area contributed by atoms with E-state index in [1.54, 1.807) is 13.2 Å². The van der Waals surface area contributed by atoms with Crippen LogP contribution in [0.5, 0.6) is 0 Å². The van der Waals surface area contributed by atoms with Gasteiger partial charge in [-0.2, -0.15) is 25.3 Å². The molecular formula is C30H45IO14S3. The fourth-order valence-electron chi connectivity index (χ4n) is 10.3. The summed E-state index contributed by atoms with van der Waals surface area (Å²) in [5.74, 6) is -0.633. The fraction of sp³-hybridized carbons (Fsp3) is 0.800. The first-order valence-corrected chi connectivity index (χ1v) is 21.2. The number of aliphatic hydroxyl groups is 1. The summed E-state index contributed by atoms with van der Waals surface area (Å²) >= 11 is 2.20. The van der Waals surface area contributed by atoms with Crippen molar-refractivity contribution in [1.29, 1.82) is 0 Å². The van der Waals surface area contributed by atoms with Gasteiger partial charge in [-0.25, -0.2) is 12.5 Å². The molecule has 0 amide bonds. The van der Waals surface area contributed by atoms with Gasteiger partial charge in [0.15, 0.2) is 3.77 Å². The molecule has 1 heterocycles. The van der Waals surface area contributed by atoms with Gasteiger partial charge in [0.05, 0.1) is 18.5 Å². The summed E-state index contributed by atoms with van der Waals surface area (Å²) in [6, 6.07) is 2.01. The van der Waals surface area contributed by atoms with Crippen molar-refractivity contribution in [2.45, 2.75) is 110 Å². The first-order valence-electron chi connectivity index (χ1n) is 16.0. The number of fused-ring (bicyclic) bond motifs is 5. The molecule has 5 rings (SSSR count). The van der Waals surface area contributed by atoms with Crippen LogP contribution in [0.25, 0.3) is 0 Å². The summed E-state index contributed by atoms with van der Waals surface area (Å²) in [6.45, 7) is 10.5. The number of rotatable bonds is 11. The highest BCUT2D eigenvalue weighted by atomic mass is 127. The summed E-state index contributed by atoms with van der Waals surface area (Å²) in [5, 5.41) is 11.6. The van der Waals surface area contributed by atoms with Crippen LogP contribution in [0.4, 0.5) is 0 Å². The Bertz CT molecular complexity index is 1740. The molecule has 3 saturated carbocycles. The van der Waals surface area contributed by atoms with Crippen LogP contribution in [-0.2, 0) is 43.7 Å². The zero-order valence-corrected chi connectivity index (χ0v) is 32.0. The Labute approximate surface area is 296 Å². The Balaban J connectivity index is 1.52. The molecule has 3 fully saturated rings. The Morgan fingerprint density at radius 3 is 2.10 bits per heavy atom. The lowest BCUT2D eigenvalue weighted by Crippen LogP contribution is -2.65. The summed E-state index contributed by atoms with van der Waals surface area (Å²) in [7, 11) is -15.6. The smallest absolute Gasteiger partial charge is 0.397 e. The highest BCUT2D eigenvalue weighted by molar-refractivity contribution is 14.1. The summed E-state index contributed by atoms with van der Waals surface area (Å²) < 4.78 is 122. The lowest BCUT2D eigenvalue weighted by atomic mass is 9.43. The second kappa shape index (κ2) is 13.1. The molecule has 1 aromatic heterocycles. The Morgan fingerprint density at radius 2 is 1.54 bits per heavy atom. The highest BCUT2D eigenvalue weighted by Gasteiger charge is 2.68. The molecular weight excluding hydrogens is 807 g/mol. The molecule has 0 aromatic carbocycles. The van der Waals surface area contributed by atoms with Crippen molar-refractivity contribution in [2.75, 3.05) is 0 Å². The van der Waals surface area contributed by atoms with Crippen molar-refractivity contribution in [3.8, 4) is 0 Å². The van der Waals surface area contributed by atoms with Gasteiger partial charge >= 0.3 is 31.2 Å². The molecule has 4 aliphatic rings. The summed E-state index contributed by atoms with van der Waals surface area (Å²) in [5.41, 5.74) is 0.0429. The fourth-order valence-corrected chi connectivity index (χ4v) is 12.6. The molecule has 0 aliphatic heterocycles. The van der Waals surface area contributed by atoms with Gasteiger partial charge in [-0.1, -0.05) is 46.3 Å². The van der Waals surface area contributed by atoms with Gasteiger partial charge in [0.2, 0.25) is 0 Å². The zero-order valence-electron chi connectivity index (χ0n) is 27.4. The third-order valence-corrected chi connectivity index (χ3v) is 14.9. The second-order valence-electron chi connectivity index (χ2n) is 15.0. The molecule has 48 heavy (non-hydrogen) atoms. The van der Waals surface area contributed by atoms with Gasteiger partial charge in [-0.3, -0.25) is 13.7 Å². The molecule has 14 nitrogen and oxygen atoms in total. The van der Waals surface area contributed by atoms with Crippen molar-refractivity contribution in [2.24, 2.45) is 39.9 Å². The van der Waals surface area contributed by atoms with E-state index < -0.39 is 72.4 Å². The van der Waals surface area contributed by atoms with Crippen LogP contribution in [0.15, 0.2) is 28.4 Å². The third kappa shape index (κ3) is 7.18. The van der Waals surface area contributed by atoms with Crippen LogP contribution in [0.1, 0.15) is 91.0 Å². The van der Waals surface area contributed by atoms with Crippen LogP contribution < -0.4 is 0 Å². The van der Waals surface area contributed by atoms with Crippen molar-refractivity contribution < 1.29 is 61.0 Å². The lowest BCUT2D eigenvalue weighted by Gasteiger charge is -2.63. The van der Waals surface area contributed by atoms with Gasteiger partial charge in [0.1, 0.15) is 12.2 Å². The molecule has 1 aromatic rings. The van der Waals surface area contributed by atoms with Crippen molar-refractivity contribution in [3.05, 3.63) is 33.3 Å². The molecule has 0 unspecified atom stereocenters. The van der Waals surface area contributed by atoms with Crippen molar-refractivity contribution >= 4 is 53.8 Å². The molecule has 18 heteroatoms. The SMILES string of the molecule is C[C@H](CC[C@H](C)c1ccoc1I)[C@H]1CC[C@@]2(C)[C@@H]3C[C@H](OS(=O)(=O)O)[C@H]4[C@@H](O)[C@H](OS(=O)(=O)O)[C@@H](OS(=O)(=O)O)C[C@]4(C)C3=CC[C@]12C. The van der Waals surface area contributed by atoms with Gasteiger partial charge in [-0.05, 0) is 114 Å². The Morgan fingerprint density at radius 1 is 0.938 bits per heavy atom. The number of aliphatic hydroxyl groups excluding tert-OH is 1. The van der Waals surface area contributed by atoms with Crippen molar-refractivity contribution in [1.82, 2.24) is 0 Å². The number of allylic oxidation sites excluding steroid dienone is 2. The monoisotopic (exact) mass is 852 g/mol. The molecule has 0 spiro atoms. The maximum atomic E-state index is 12.2. The average molecular weight is 853 g/mol. The van der Waals surface area contributed by atoms with Crippen LogP contribution in [0.3, 0.4) is 0 Å². The van der Waals surface area contributed by atoms with E-state index in [1.165, 1.54) is 5.56 Å². The summed E-state index contributed by atoms with van der Waals surface area (Å²) in [4.78, 5) is 0. The number of halogens is 1. The molecule has 4 aliphatic carbocycles. The Kier molecular flexibility index (Phi) is 10.5. The minimum Gasteiger partial charge on any atom is -0.458 e. The van der Waals surface area contributed by atoms with Gasteiger partial charge in [0.25, 0.3) is 0 Å². The lowest BCUT2D eigenvalue weighted by molar-refractivity contribution is -0.179. The van der Waals surface area contributed by atoms with Crippen LogP contribution >= 0.6 is 22.6 Å². The van der Waals surface area contributed by atoms with E-state index in [9.17, 15) is 44.0 Å². The second-order valence-corrected chi connectivity index (χ2v) is 19.1. The number of hydrogen-bond acceptors (Lipinski definition) is 11. The minimum atomic E-state index is -5.29. The quantitative estimate of drug-likeness (QED) is 0.129. The molecule has 0 radical (unpaired) electrons. The first kappa shape index (κ1) is 38.5. The average Bonchev–Trinajstić information content (AvgIpc) is 3.47. The van der Waals surface area contributed by atoms with E-state index in [-0.39, 0.29) is 24.2 Å². The van der Waals surface area contributed by atoms with Crippen LogP contribution in [-0.4, -0.2) is 68.4 Å².